The van der Waals surface area contributed by atoms with Gasteiger partial charge in [-0.3, -0.25) is 4.79 Å². The van der Waals surface area contributed by atoms with Crippen LogP contribution in [0, 0.1) is 23.7 Å². The highest BCUT2D eigenvalue weighted by Gasteiger charge is 2.61. The molecule has 8 nitrogen and oxygen atoms in total. The van der Waals surface area contributed by atoms with Crippen molar-refractivity contribution in [1.29, 1.82) is 0 Å². The minimum absolute atomic E-state index is 0.125. The van der Waals surface area contributed by atoms with Crippen molar-refractivity contribution in [1.82, 2.24) is 24.0 Å². The van der Waals surface area contributed by atoms with Crippen LogP contribution < -0.4 is 4.74 Å². The molecule has 8 heteroatoms. The highest BCUT2D eigenvalue weighted by Crippen LogP contribution is 2.60. The summed E-state index contributed by atoms with van der Waals surface area (Å²) in [5.41, 5.74) is 4.52. The number of pyridine rings is 1. The van der Waals surface area contributed by atoms with Gasteiger partial charge in [0, 0.05) is 42.9 Å². The number of imidazole rings is 1. The van der Waals surface area contributed by atoms with Crippen LogP contribution in [-0.4, -0.2) is 62.8 Å². The summed E-state index contributed by atoms with van der Waals surface area (Å²) in [6.07, 6.45) is 7.79. The number of carbonyl (C=O) groups is 1. The summed E-state index contributed by atoms with van der Waals surface area (Å²) in [6.45, 7) is 3.22. The Morgan fingerprint density at radius 2 is 2.08 bits per heavy atom. The van der Waals surface area contributed by atoms with Gasteiger partial charge in [-0.2, -0.15) is 0 Å². The molecule has 5 heterocycles. The van der Waals surface area contributed by atoms with Gasteiger partial charge in [0.25, 0.3) is 5.91 Å². The second kappa shape index (κ2) is 8.07. The van der Waals surface area contributed by atoms with E-state index in [1.807, 2.05) is 24.4 Å². The van der Waals surface area contributed by atoms with Crippen molar-refractivity contribution < 1.29 is 14.3 Å². The molecule has 2 saturated heterocycles. The van der Waals surface area contributed by atoms with Gasteiger partial charge in [0.15, 0.2) is 5.82 Å². The van der Waals surface area contributed by atoms with Crippen molar-refractivity contribution >= 4 is 28.0 Å². The number of aromatic nitrogens is 4. The molecule has 5 aliphatic rings. The number of hydrogen-bond donors (Lipinski definition) is 0. The summed E-state index contributed by atoms with van der Waals surface area (Å²) in [5.74, 6) is 4.74. The first-order valence-electron chi connectivity index (χ1n) is 14.6. The molecular formula is C31H33N5O3. The fourth-order valence-electron chi connectivity index (χ4n) is 8.11. The summed E-state index contributed by atoms with van der Waals surface area (Å²) in [5, 5.41) is 1.12. The highest BCUT2D eigenvalue weighted by atomic mass is 16.5. The van der Waals surface area contributed by atoms with E-state index < -0.39 is 0 Å². The van der Waals surface area contributed by atoms with E-state index in [2.05, 4.69) is 26.2 Å². The van der Waals surface area contributed by atoms with E-state index in [1.54, 1.807) is 7.11 Å². The molecule has 5 fully saturated rings. The van der Waals surface area contributed by atoms with E-state index >= 15 is 0 Å². The molecule has 4 aromatic rings. The van der Waals surface area contributed by atoms with E-state index in [1.165, 1.54) is 25.7 Å². The van der Waals surface area contributed by atoms with E-state index in [0.29, 0.717) is 35.8 Å². The van der Waals surface area contributed by atoms with Gasteiger partial charge in [0.1, 0.15) is 16.9 Å². The van der Waals surface area contributed by atoms with E-state index in [-0.39, 0.29) is 11.9 Å². The van der Waals surface area contributed by atoms with Crippen molar-refractivity contribution in [3.05, 3.63) is 42.1 Å². The zero-order valence-corrected chi connectivity index (χ0v) is 22.3. The van der Waals surface area contributed by atoms with Gasteiger partial charge in [-0.05, 0) is 86.1 Å². The Balaban J connectivity index is 1.22. The molecule has 0 spiro atoms. The number of methoxy groups -OCH3 is 1. The summed E-state index contributed by atoms with van der Waals surface area (Å²) < 4.78 is 16.5. The maximum absolute atomic E-state index is 13.8. The lowest BCUT2D eigenvalue weighted by Crippen LogP contribution is -2.53. The monoisotopic (exact) mass is 523 g/mol. The SMILES string of the molecule is COc1cc(C(=O)N2C[C@H]3CC4C[C@@H]2[C@H]43)cc2nc(-c3cc4cccnc4n3CC3CC3)n(C3CCOC3)c12. The molecule has 2 aliphatic heterocycles. The number of rotatable bonds is 6. The topological polar surface area (TPSA) is 74.4 Å². The summed E-state index contributed by atoms with van der Waals surface area (Å²) in [7, 11) is 1.70. The highest BCUT2D eigenvalue weighted by molar-refractivity contribution is 6.00. The fraction of sp³-hybridized carbons (Fsp3) is 0.516. The third-order valence-electron chi connectivity index (χ3n) is 10.3. The van der Waals surface area contributed by atoms with Crippen molar-refractivity contribution in [2.75, 3.05) is 26.9 Å². The number of fused-ring (bicyclic) bond motifs is 2. The molecule has 0 N–H and O–H groups in total. The fourth-order valence-corrected chi connectivity index (χ4v) is 8.11. The quantitative estimate of drug-likeness (QED) is 0.359. The predicted octanol–water partition coefficient (Wildman–Crippen LogP) is 4.91. The number of amides is 1. The number of hydrogen-bond acceptors (Lipinski definition) is 5. The van der Waals surface area contributed by atoms with Crippen LogP contribution in [0.2, 0.25) is 0 Å². The Bertz CT molecular complexity index is 1640. The van der Waals surface area contributed by atoms with Crippen LogP contribution in [0.3, 0.4) is 0 Å². The summed E-state index contributed by atoms with van der Waals surface area (Å²) in [6, 6.07) is 10.9. The van der Waals surface area contributed by atoms with Gasteiger partial charge in [0.05, 0.1) is 31.0 Å². The van der Waals surface area contributed by atoms with E-state index in [0.717, 1.165) is 71.5 Å². The maximum atomic E-state index is 13.8. The molecule has 0 bridgehead atoms. The van der Waals surface area contributed by atoms with Crippen LogP contribution in [0.1, 0.15) is 48.5 Å². The summed E-state index contributed by atoms with van der Waals surface area (Å²) >= 11 is 0. The molecule has 1 aromatic carbocycles. The van der Waals surface area contributed by atoms with Crippen LogP contribution in [0.15, 0.2) is 36.5 Å². The zero-order valence-electron chi connectivity index (χ0n) is 22.3. The molecular weight excluding hydrogens is 490 g/mol. The molecule has 200 valence electrons. The average Bonchev–Trinajstić information content (AvgIpc) is 3.25. The molecule has 2 unspecified atom stereocenters. The van der Waals surface area contributed by atoms with Gasteiger partial charge >= 0.3 is 0 Å². The third kappa shape index (κ3) is 3.18. The van der Waals surface area contributed by atoms with Crippen molar-refractivity contribution in [3.8, 4) is 17.3 Å². The largest absolute Gasteiger partial charge is 0.494 e. The Morgan fingerprint density at radius 3 is 2.85 bits per heavy atom. The minimum Gasteiger partial charge on any atom is -0.494 e. The molecule has 3 aliphatic carbocycles. The van der Waals surface area contributed by atoms with Crippen LogP contribution in [-0.2, 0) is 11.3 Å². The average molecular weight is 524 g/mol. The number of benzene rings is 1. The molecule has 3 aromatic heterocycles. The van der Waals surface area contributed by atoms with Crippen LogP contribution in [0.4, 0.5) is 0 Å². The van der Waals surface area contributed by atoms with E-state index in [4.69, 9.17) is 19.4 Å². The van der Waals surface area contributed by atoms with Gasteiger partial charge in [-0.15, -0.1) is 0 Å². The van der Waals surface area contributed by atoms with Crippen molar-refractivity contribution in [2.45, 2.75) is 50.7 Å². The molecule has 9 rings (SSSR count). The van der Waals surface area contributed by atoms with Crippen LogP contribution in [0.25, 0.3) is 33.6 Å². The van der Waals surface area contributed by atoms with Gasteiger partial charge in [-0.1, -0.05) is 0 Å². The first kappa shape index (κ1) is 22.4. The minimum atomic E-state index is 0.125. The number of ether oxygens (including phenoxy) is 2. The first-order chi connectivity index (χ1) is 19.2. The van der Waals surface area contributed by atoms with Crippen molar-refractivity contribution in [3.63, 3.8) is 0 Å². The molecule has 3 saturated carbocycles. The zero-order chi connectivity index (χ0) is 25.8. The van der Waals surface area contributed by atoms with Crippen LogP contribution in [0.5, 0.6) is 5.75 Å². The normalized spacial score (nSPS) is 29.1. The number of likely N-dealkylation sites (tertiary alicyclic amines) is 1. The Labute approximate surface area is 226 Å². The van der Waals surface area contributed by atoms with Gasteiger partial charge in [0.2, 0.25) is 0 Å². The maximum Gasteiger partial charge on any atom is 0.254 e. The number of carbonyl (C=O) groups excluding carboxylic acids is 1. The molecule has 1 amide bonds. The van der Waals surface area contributed by atoms with Gasteiger partial charge < -0.3 is 23.5 Å². The van der Waals surface area contributed by atoms with Gasteiger partial charge in [-0.25, -0.2) is 9.97 Å². The summed E-state index contributed by atoms with van der Waals surface area (Å²) in [4.78, 5) is 26.0. The lowest BCUT2D eigenvalue weighted by atomic mass is 9.53. The first-order valence-corrected chi connectivity index (χ1v) is 14.6. The standard InChI is InChI=1S/C31H33N5O3/c1-38-26-13-20(31(37)35-15-21-9-19-12-24(35)27(19)21)10-23-28(26)36(22-6-8-39-16-22)30(33-23)25-11-18-3-2-7-32-29(18)34(25)14-17-4-5-17/h2-3,7,10-11,13,17,19,21-22,24,27H,4-6,8-9,12,14-16H2,1H3/t19?,21-,22?,24-,27-/m1/s1. The lowest BCUT2D eigenvalue weighted by molar-refractivity contribution is -0.0204. The molecule has 5 atom stereocenters. The lowest BCUT2D eigenvalue weighted by Gasteiger charge is -2.52. The number of nitrogens with zero attached hydrogens (tertiary/aromatic N) is 5. The van der Waals surface area contributed by atoms with E-state index in [9.17, 15) is 4.79 Å². The second-order valence-corrected chi connectivity index (χ2v) is 12.5. The Hall–Kier alpha value is -3.39. The van der Waals surface area contributed by atoms with Crippen molar-refractivity contribution in [2.24, 2.45) is 23.7 Å². The van der Waals surface area contributed by atoms with Crippen LogP contribution >= 0.6 is 0 Å². The predicted molar refractivity (Wildman–Crippen MR) is 147 cm³/mol. The molecule has 39 heavy (non-hydrogen) atoms. The Kier molecular flexibility index (Phi) is 4.64. The second-order valence-electron chi connectivity index (χ2n) is 12.5. The Morgan fingerprint density at radius 1 is 1.15 bits per heavy atom. The smallest absolute Gasteiger partial charge is 0.254 e. The molecule has 0 radical (unpaired) electrons. The third-order valence-corrected chi connectivity index (χ3v) is 10.3.